The number of ether oxygens (including phenoxy) is 1. The maximum atomic E-state index is 13.8. The van der Waals surface area contributed by atoms with Gasteiger partial charge in [0.25, 0.3) is 0 Å². The fourth-order valence-corrected chi connectivity index (χ4v) is 6.58. The van der Waals surface area contributed by atoms with Gasteiger partial charge in [-0.25, -0.2) is 18.4 Å². The molecular weight excluding hydrogens is 472 g/mol. The van der Waals surface area contributed by atoms with Crippen molar-refractivity contribution in [3.8, 4) is 0 Å². The summed E-state index contributed by atoms with van der Waals surface area (Å²) in [6.45, 7) is 9.52. The van der Waals surface area contributed by atoms with Crippen LogP contribution in [-0.2, 0) is 19.3 Å². The zero-order valence-electron chi connectivity index (χ0n) is 19.4. The van der Waals surface area contributed by atoms with Crippen LogP contribution in [0.25, 0.3) is 5.57 Å². The van der Waals surface area contributed by atoms with Crippen LogP contribution < -0.4 is 10.6 Å². The van der Waals surface area contributed by atoms with Crippen molar-refractivity contribution in [2.24, 2.45) is 5.73 Å². The molecule has 0 amide bonds. The summed E-state index contributed by atoms with van der Waals surface area (Å²) >= 11 is 6.30. The average molecular weight is 501 g/mol. The Balaban J connectivity index is 1.89. The van der Waals surface area contributed by atoms with Crippen LogP contribution in [0.1, 0.15) is 38.2 Å². The number of aromatic nitrogens is 2. The van der Waals surface area contributed by atoms with Gasteiger partial charge in [0.2, 0.25) is 0 Å². The molecule has 0 spiro atoms. The Bertz CT molecular complexity index is 1260. The number of hydrogen-bond donors (Lipinski definition) is 1. The minimum Gasteiger partial charge on any atom is -0.402 e. The lowest BCUT2D eigenvalue weighted by atomic mass is 10.1. The van der Waals surface area contributed by atoms with E-state index in [0.29, 0.717) is 61.2 Å². The number of sulfone groups is 1. The number of nitrogens with two attached hydrogens (primary N) is 1. The molecule has 1 aliphatic carbocycles. The van der Waals surface area contributed by atoms with Gasteiger partial charge in [-0.2, -0.15) is 0 Å². The third-order valence-corrected chi connectivity index (χ3v) is 9.21. The highest BCUT2D eigenvalue weighted by Crippen LogP contribution is 2.55. The van der Waals surface area contributed by atoms with Crippen molar-refractivity contribution < 1.29 is 13.2 Å². The second kappa shape index (κ2) is 9.52. The Hall–Kier alpha value is -2.68. The van der Waals surface area contributed by atoms with Gasteiger partial charge in [-0.3, -0.25) is 0 Å². The third kappa shape index (κ3) is 4.50. The predicted octanol–water partition coefficient (Wildman–Crippen LogP) is 4.25. The van der Waals surface area contributed by atoms with Gasteiger partial charge >= 0.3 is 0 Å². The fraction of sp³-hybridized carbons (Fsp3) is 0.360. The lowest BCUT2D eigenvalue weighted by Gasteiger charge is -2.35. The molecule has 4 rings (SSSR count). The molecule has 2 N–H and O–H groups in total. The van der Waals surface area contributed by atoms with Crippen molar-refractivity contribution in [2.75, 3.05) is 24.7 Å². The van der Waals surface area contributed by atoms with E-state index in [0.717, 1.165) is 0 Å². The quantitative estimate of drug-likeness (QED) is 0.567. The van der Waals surface area contributed by atoms with Crippen molar-refractivity contribution in [1.82, 2.24) is 9.97 Å². The summed E-state index contributed by atoms with van der Waals surface area (Å²) in [5, 5.41) is 0.209. The highest BCUT2D eigenvalue weighted by atomic mass is 35.5. The Morgan fingerprint density at radius 2 is 2.03 bits per heavy atom. The molecule has 7 nitrogen and oxygen atoms in total. The predicted molar refractivity (Wildman–Crippen MR) is 135 cm³/mol. The van der Waals surface area contributed by atoms with Crippen molar-refractivity contribution in [1.29, 1.82) is 0 Å². The zero-order valence-corrected chi connectivity index (χ0v) is 20.9. The largest absolute Gasteiger partial charge is 0.402 e. The maximum Gasteiger partial charge on any atom is 0.191 e. The molecule has 0 radical (unpaired) electrons. The first kappa shape index (κ1) is 24.4. The molecule has 0 unspecified atom stereocenters. The number of anilines is 1. The van der Waals surface area contributed by atoms with Crippen molar-refractivity contribution in [3.05, 3.63) is 77.4 Å². The third-order valence-electron chi connectivity index (χ3n) is 6.19. The lowest BCUT2D eigenvalue weighted by molar-refractivity contribution is 0.0985. The first-order chi connectivity index (χ1) is 16.2. The van der Waals surface area contributed by atoms with Crippen LogP contribution in [0.15, 0.2) is 65.7 Å². The van der Waals surface area contributed by atoms with Gasteiger partial charge in [-0.15, -0.1) is 0 Å². The SMILES string of the molecule is C=C/C(=C\C=C(/C)N)c1nc(N2CCOC[C@@H]2C)cc(C2(S(=O)(=O)c3ccccc3Cl)CC2)n1. The topological polar surface area (TPSA) is 98.4 Å². The minimum absolute atomic E-state index is 0.0852. The molecule has 2 fully saturated rings. The second-order valence-electron chi connectivity index (χ2n) is 8.72. The van der Waals surface area contributed by atoms with Gasteiger partial charge in [0.05, 0.1) is 34.9 Å². The molecule has 2 aromatic rings. The van der Waals surface area contributed by atoms with E-state index in [4.69, 9.17) is 32.0 Å². The van der Waals surface area contributed by atoms with Gasteiger partial charge in [0.1, 0.15) is 10.6 Å². The van der Waals surface area contributed by atoms with Crippen molar-refractivity contribution in [3.63, 3.8) is 0 Å². The Morgan fingerprint density at radius 1 is 1.29 bits per heavy atom. The molecule has 1 aliphatic heterocycles. The number of hydrogen-bond acceptors (Lipinski definition) is 7. The van der Waals surface area contributed by atoms with E-state index >= 15 is 0 Å². The van der Waals surface area contributed by atoms with Crippen LogP contribution in [-0.4, -0.2) is 44.2 Å². The maximum absolute atomic E-state index is 13.8. The molecule has 2 heterocycles. The average Bonchev–Trinajstić information content (AvgIpc) is 3.62. The molecule has 34 heavy (non-hydrogen) atoms. The van der Waals surface area contributed by atoms with Gasteiger partial charge in [0, 0.05) is 23.9 Å². The molecule has 1 saturated carbocycles. The molecule has 1 saturated heterocycles. The van der Waals surface area contributed by atoms with E-state index in [1.54, 1.807) is 55.5 Å². The second-order valence-corrected chi connectivity index (χ2v) is 11.4. The lowest BCUT2D eigenvalue weighted by Crippen LogP contribution is -2.44. The van der Waals surface area contributed by atoms with Crippen molar-refractivity contribution >= 4 is 32.8 Å². The molecule has 1 aromatic heterocycles. The van der Waals surface area contributed by atoms with Gasteiger partial charge in [-0.05, 0) is 51.0 Å². The molecule has 180 valence electrons. The van der Waals surface area contributed by atoms with Crippen LogP contribution in [0.5, 0.6) is 0 Å². The summed E-state index contributed by atoms with van der Waals surface area (Å²) in [6, 6.07) is 8.43. The number of allylic oxidation sites excluding steroid dienone is 5. The smallest absolute Gasteiger partial charge is 0.191 e. The highest BCUT2D eigenvalue weighted by molar-refractivity contribution is 7.92. The molecule has 0 bridgehead atoms. The summed E-state index contributed by atoms with van der Waals surface area (Å²) < 4.78 is 32.1. The van der Waals surface area contributed by atoms with E-state index < -0.39 is 14.6 Å². The number of rotatable bonds is 7. The molecule has 1 aromatic carbocycles. The standard InChI is InChI=1S/C25H29ClN4O3S/c1-4-19(10-9-17(2)27)24-28-22(15-23(29-24)30-13-14-33-16-18(30)3)25(11-12-25)34(31,32)21-8-6-5-7-20(21)26/h4-10,15,18H,1,11-14,16,27H2,2-3H3/b17-9+,19-10+/t18-/m0/s1. The minimum atomic E-state index is -3.79. The van der Waals surface area contributed by atoms with Gasteiger partial charge in [0.15, 0.2) is 15.7 Å². The number of morpholine rings is 1. The van der Waals surface area contributed by atoms with Crippen LogP contribution in [0.4, 0.5) is 5.82 Å². The van der Waals surface area contributed by atoms with Crippen LogP contribution in [0, 0.1) is 0 Å². The Labute approximate surface area is 205 Å². The van der Waals surface area contributed by atoms with Crippen molar-refractivity contribution in [2.45, 2.75) is 42.4 Å². The fourth-order valence-electron chi connectivity index (χ4n) is 4.12. The van der Waals surface area contributed by atoms with Gasteiger partial charge < -0.3 is 15.4 Å². The molecule has 9 heteroatoms. The normalized spacial score (nSPS) is 20.8. The number of halogens is 1. The summed E-state index contributed by atoms with van der Waals surface area (Å²) in [7, 11) is -3.79. The number of nitrogens with zero attached hydrogens (tertiary/aromatic N) is 3. The van der Waals surface area contributed by atoms with E-state index in [1.165, 1.54) is 0 Å². The summed E-state index contributed by atoms with van der Waals surface area (Å²) in [5.41, 5.74) is 7.55. The Morgan fingerprint density at radius 3 is 2.65 bits per heavy atom. The Kier molecular flexibility index (Phi) is 6.85. The van der Waals surface area contributed by atoms with E-state index in [-0.39, 0.29) is 16.0 Å². The highest BCUT2D eigenvalue weighted by Gasteiger charge is 2.58. The summed E-state index contributed by atoms with van der Waals surface area (Å²) in [4.78, 5) is 11.8. The summed E-state index contributed by atoms with van der Waals surface area (Å²) in [5.74, 6) is 1.07. The molecule has 2 aliphatic rings. The van der Waals surface area contributed by atoms with E-state index in [1.807, 2.05) is 0 Å². The monoisotopic (exact) mass is 500 g/mol. The molecule has 1 atom stereocenters. The van der Waals surface area contributed by atoms with Crippen LogP contribution in [0.3, 0.4) is 0 Å². The first-order valence-corrected chi connectivity index (χ1v) is 13.1. The number of benzene rings is 1. The summed E-state index contributed by atoms with van der Waals surface area (Å²) in [6.07, 6.45) is 6.11. The first-order valence-electron chi connectivity index (χ1n) is 11.2. The van der Waals surface area contributed by atoms with Crippen LogP contribution >= 0.6 is 11.6 Å². The van der Waals surface area contributed by atoms with Crippen LogP contribution in [0.2, 0.25) is 5.02 Å². The van der Waals surface area contributed by atoms with E-state index in [2.05, 4.69) is 18.4 Å². The molecular formula is C25H29ClN4O3S. The zero-order chi connectivity index (χ0) is 24.5. The van der Waals surface area contributed by atoms with Gasteiger partial charge in [-0.1, -0.05) is 36.4 Å². The van der Waals surface area contributed by atoms with E-state index in [9.17, 15) is 8.42 Å².